The molecule has 2 atom stereocenters. The number of rotatable bonds is 4. The first kappa shape index (κ1) is 12.0. The van der Waals surface area contributed by atoms with Crippen molar-refractivity contribution < 1.29 is 4.79 Å². The van der Waals surface area contributed by atoms with E-state index in [4.69, 9.17) is 0 Å². The van der Waals surface area contributed by atoms with Crippen LogP contribution in [0.25, 0.3) is 0 Å². The van der Waals surface area contributed by atoms with Gasteiger partial charge in [-0.3, -0.25) is 10.1 Å². The van der Waals surface area contributed by atoms with Crippen LogP contribution in [-0.2, 0) is 11.3 Å². The van der Waals surface area contributed by atoms with Gasteiger partial charge in [0.2, 0.25) is 11.9 Å². The number of imidazole rings is 1. The van der Waals surface area contributed by atoms with Gasteiger partial charge in [-0.1, -0.05) is 37.3 Å². The van der Waals surface area contributed by atoms with Crippen LogP contribution in [0.1, 0.15) is 18.9 Å². The quantitative estimate of drug-likeness (QED) is 0.912. The summed E-state index contributed by atoms with van der Waals surface area (Å²) in [5, 5.41) is 2.92. The van der Waals surface area contributed by atoms with Crippen molar-refractivity contribution in [3.05, 3.63) is 48.3 Å². The molecule has 1 saturated carbocycles. The largest absolute Gasteiger partial charge is 0.313 e. The Morgan fingerprint density at radius 3 is 2.84 bits per heavy atom. The highest BCUT2D eigenvalue weighted by molar-refractivity contribution is 5.93. The van der Waals surface area contributed by atoms with Gasteiger partial charge in [-0.2, -0.15) is 0 Å². The van der Waals surface area contributed by atoms with Crippen LogP contribution in [0.5, 0.6) is 0 Å². The summed E-state index contributed by atoms with van der Waals surface area (Å²) in [6.07, 6.45) is 4.60. The fraction of sp³-hybridized carbons (Fsp3) is 0.333. The lowest BCUT2D eigenvalue weighted by molar-refractivity contribution is -0.117. The second-order valence-corrected chi connectivity index (χ2v) is 5.17. The van der Waals surface area contributed by atoms with Gasteiger partial charge in [0.25, 0.3) is 0 Å². The number of carbonyl (C=O) groups is 1. The van der Waals surface area contributed by atoms with Crippen molar-refractivity contribution in [2.24, 2.45) is 11.8 Å². The maximum Gasteiger partial charge on any atom is 0.230 e. The third-order valence-corrected chi connectivity index (χ3v) is 3.59. The Hall–Kier alpha value is -2.10. The van der Waals surface area contributed by atoms with Gasteiger partial charge >= 0.3 is 0 Å². The molecule has 0 spiro atoms. The van der Waals surface area contributed by atoms with Crippen molar-refractivity contribution in [2.45, 2.75) is 19.9 Å². The Labute approximate surface area is 112 Å². The van der Waals surface area contributed by atoms with Gasteiger partial charge in [0.15, 0.2) is 0 Å². The average Bonchev–Trinajstić information content (AvgIpc) is 3.00. The monoisotopic (exact) mass is 255 g/mol. The Balaban J connectivity index is 1.70. The molecule has 0 saturated heterocycles. The molecule has 1 aromatic carbocycles. The van der Waals surface area contributed by atoms with E-state index in [1.54, 1.807) is 6.20 Å². The first-order valence-corrected chi connectivity index (χ1v) is 6.60. The van der Waals surface area contributed by atoms with Crippen LogP contribution < -0.4 is 5.32 Å². The van der Waals surface area contributed by atoms with Crippen molar-refractivity contribution in [1.82, 2.24) is 9.55 Å². The smallest absolute Gasteiger partial charge is 0.230 e. The SMILES string of the molecule is C[C@@H]1C[C@H]1C(=O)Nc1nccn1Cc1ccccc1. The van der Waals surface area contributed by atoms with Crippen molar-refractivity contribution in [2.75, 3.05) is 5.32 Å². The highest BCUT2D eigenvalue weighted by Gasteiger charge is 2.39. The minimum atomic E-state index is 0.0908. The van der Waals surface area contributed by atoms with Crippen molar-refractivity contribution in [3.63, 3.8) is 0 Å². The summed E-state index contributed by atoms with van der Waals surface area (Å²) < 4.78 is 1.96. The van der Waals surface area contributed by atoms with E-state index in [2.05, 4.69) is 29.4 Å². The summed E-state index contributed by atoms with van der Waals surface area (Å²) in [5.74, 6) is 1.40. The molecule has 3 rings (SSSR count). The number of carbonyl (C=O) groups excluding carboxylic acids is 1. The first-order valence-electron chi connectivity index (χ1n) is 6.60. The molecular weight excluding hydrogens is 238 g/mol. The normalized spacial score (nSPS) is 21.1. The van der Waals surface area contributed by atoms with Crippen molar-refractivity contribution in [1.29, 1.82) is 0 Å². The van der Waals surface area contributed by atoms with Crippen LogP contribution >= 0.6 is 0 Å². The van der Waals surface area contributed by atoms with E-state index in [-0.39, 0.29) is 11.8 Å². The number of benzene rings is 1. The van der Waals surface area contributed by atoms with Crippen LogP contribution in [0.2, 0.25) is 0 Å². The molecule has 1 amide bonds. The van der Waals surface area contributed by atoms with E-state index in [0.29, 0.717) is 11.9 Å². The Kier molecular flexibility index (Phi) is 3.07. The number of hydrogen-bond acceptors (Lipinski definition) is 2. The fourth-order valence-corrected chi connectivity index (χ4v) is 2.23. The number of nitrogens with zero attached hydrogens (tertiary/aromatic N) is 2. The van der Waals surface area contributed by atoms with E-state index in [1.807, 2.05) is 29.0 Å². The maximum atomic E-state index is 11.9. The summed E-state index contributed by atoms with van der Waals surface area (Å²) in [6, 6.07) is 10.1. The predicted octanol–water partition coefficient (Wildman–Crippen LogP) is 2.53. The van der Waals surface area contributed by atoms with E-state index >= 15 is 0 Å². The van der Waals surface area contributed by atoms with E-state index in [0.717, 1.165) is 13.0 Å². The molecule has 1 aliphatic rings. The van der Waals surface area contributed by atoms with Gasteiger partial charge in [-0.25, -0.2) is 4.98 Å². The topological polar surface area (TPSA) is 46.9 Å². The molecule has 2 aromatic rings. The lowest BCUT2D eigenvalue weighted by atomic mass is 10.2. The van der Waals surface area contributed by atoms with Crippen LogP contribution in [-0.4, -0.2) is 15.5 Å². The van der Waals surface area contributed by atoms with E-state index in [1.165, 1.54) is 5.56 Å². The molecule has 1 fully saturated rings. The summed E-state index contributed by atoms with van der Waals surface area (Å²) >= 11 is 0. The Morgan fingerprint density at radius 1 is 1.42 bits per heavy atom. The van der Waals surface area contributed by atoms with Gasteiger partial charge in [-0.15, -0.1) is 0 Å². The number of amides is 1. The molecule has 0 bridgehead atoms. The average molecular weight is 255 g/mol. The minimum absolute atomic E-state index is 0.0908. The summed E-state index contributed by atoms with van der Waals surface area (Å²) in [4.78, 5) is 16.1. The molecular formula is C15H17N3O. The van der Waals surface area contributed by atoms with Gasteiger partial charge in [0, 0.05) is 18.3 Å². The molecule has 0 unspecified atom stereocenters. The number of hydrogen-bond donors (Lipinski definition) is 1. The van der Waals surface area contributed by atoms with Gasteiger partial charge in [0.1, 0.15) is 0 Å². The lowest BCUT2D eigenvalue weighted by Gasteiger charge is -2.08. The zero-order chi connectivity index (χ0) is 13.2. The molecule has 0 aliphatic heterocycles. The highest BCUT2D eigenvalue weighted by Crippen LogP contribution is 2.38. The van der Waals surface area contributed by atoms with Gasteiger partial charge in [-0.05, 0) is 17.9 Å². The zero-order valence-corrected chi connectivity index (χ0v) is 10.9. The first-order chi connectivity index (χ1) is 9.24. The van der Waals surface area contributed by atoms with E-state index in [9.17, 15) is 4.79 Å². The maximum absolute atomic E-state index is 11.9. The minimum Gasteiger partial charge on any atom is -0.313 e. The molecule has 0 radical (unpaired) electrons. The molecule has 1 N–H and O–H groups in total. The molecule has 4 nitrogen and oxygen atoms in total. The third kappa shape index (κ3) is 2.67. The number of nitrogens with one attached hydrogen (secondary N) is 1. The van der Waals surface area contributed by atoms with Gasteiger partial charge in [0.05, 0.1) is 6.54 Å². The second kappa shape index (κ2) is 4.88. The molecule has 1 aromatic heterocycles. The summed E-state index contributed by atoms with van der Waals surface area (Å²) in [5.41, 5.74) is 1.19. The Morgan fingerprint density at radius 2 is 2.16 bits per heavy atom. The Bertz CT molecular complexity index is 576. The fourth-order valence-electron chi connectivity index (χ4n) is 2.23. The molecule has 4 heteroatoms. The summed E-state index contributed by atoms with van der Waals surface area (Å²) in [6.45, 7) is 2.82. The molecule has 1 aliphatic carbocycles. The lowest BCUT2D eigenvalue weighted by Crippen LogP contribution is -2.18. The number of anilines is 1. The number of aromatic nitrogens is 2. The highest BCUT2D eigenvalue weighted by atomic mass is 16.2. The van der Waals surface area contributed by atoms with Crippen molar-refractivity contribution in [3.8, 4) is 0 Å². The van der Waals surface area contributed by atoms with Crippen LogP contribution in [0.15, 0.2) is 42.7 Å². The predicted molar refractivity (Wildman–Crippen MR) is 73.7 cm³/mol. The van der Waals surface area contributed by atoms with Gasteiger partial charge < -0.3 is 4.57 Å². The zero-order valence-electron chi connectivity index (χ0n) is 10.9. The van der Waals surface area contributed by atoms with E-state index < -0.39 is 0 Å². The second-order valence-electron chi connectivity index (χ2n) is 5.17. The standard InChI is InChI=1S/C15H17N3O/c1-11-9-13(11)14(19)17-15-16-7-8-18(15)10-12-5-3-2-4-6-12/h2-8,11,13H,9-10H2,1H3,(H,16,17,19)/t11-,13-/m1/s1. The summed E-state index contributed by atoms with van der Waals surface area (Å²) in [7, 11) is 0. The molecule has 19 heavy (non-hydrogen) atoms. The molecule has 1 heterocycles. The third-order valence-electron chi connectivity index (χ3n) is 3.59. The van der Waals surface area contributed by atoms with Crippen LogP contribution in [0.3, 0.4) is 0 Å². The molecule has 98 valence electrons. The van der Waals surface area contributed by atoms with Crippen LogP contribution in [0, 0.1) is 11.8 Å². The van der Waals surface area contributed by atoms with Crippen LogP contribution in [0.4, 0.5) is 5.95 Å². The van der Waals surface area contributed by atoms with Crippen molar-refractivity contribution >= 4 is 11.9 Å².